The summed E-state index contributed by atoms with van der Waals surface area (Å²) in [6, 6.07) is 7.85. The monoisotopic (exact) mass is 332 g/mol. The number of nitrogens with zero attached hydrogens (tertiary/aromatic N) is 1. The van der Waals surface area contributed by atoms with Gasteiger partial charge in [-0.3, -0.25) is 4.79 Å². The van der Waals surface area contributed by atoms with Gasteiger partial charge in [-0.05, 0) is 26.0 Å². The molecule has 1 aromatic rings. The standard InChI is InChI=1S/C15H21ClN2O2.ClH/c1-11-12(2)18(9-8-17-11)15(19)7-10-20-14-6-4-3-5-13(14)16;/h3-6,11-12,17H,7-10H2,1-2H3;1H. The molecule has 0 bridgehead atoms. The number of para-hydroxylation sites is 1. The molecule has 1 heterocycles. The van der Waals surface area contributed by atoms with Crippen LogP contribution in [0.4, 0.5) is 0 Å². The van der Waals surface area contributed by atoms with Crippen LogP contribution in [0.2, 0.25) is 5.02 Å². The molecule has 1 aliphatic heterocycles. The summed E-state index contributed by atoms with van der Waals surface area (Å²) in [5.74, 6) is 0.765. The zero-order valence-corrected chi connectivity index (χ0v) is 13.9. The van der Waals surface area contributed by atoms with E-state index in [2.05, 4.69) is 19.2 Å². The van der Waals surface area contributed by atoms with Gasteiger partial charge in [0, 0.05) is 25.2 Å². The Hall–Kier alpha value is -0.970. The highest BCUT2D eigenvalue weighted by Crippen LogP contribution is 2.23. The Labute approximate surface area is 137 Å². The van der Waals surface area contributed by atoms with Gasteiger partial charge in [0.2, 0.25) is 5.91 Å². The second-order valence-electron chi connectivity index (χ2n) is 5.10. The maximum Gasteiger partial charge on any atom is 0.226 e. The number of ether oxygens (including phenoxy) is 1. The number of hydrogen-bond acceptors (Lipinski definition) is 3. The minimum absolute atomic E-state index is 0. The van der Waals surface area contributed by atoms with Crippen LogP contribution in [0, 0.1) is 0 Å². The molecular weight excluding hydrogens is 311 g/mol. The molecular formula is C15H22Cl2N2O2. The molecule has 6 heteroatoms. The van der Waals surface area contributed by atoms with E-state index >= 15 is 0 Å². The van der Waals surface area contributed by atoms with Gasteiger partial charge in [-0.15, -0.1) is 12.4 Å². The lowest BCUT2D eigenvalue weighted by molar-refractivity contribution is -0.135. The molecule has 0 spiro atoms. The molecule has 0 aromatic heterocycles. The lowest BCUT2D eigenvalue weighted by Crippen LogP contribution is -2.57. The van der Waals surface area contributed by atoms with Crippen molar-refractivity contribution in [3.8, 4) is 5.75 Å². The summed E-state index contributed by atoms with van der Waals surface area (Å²) in [5.41, 5.74) is 0. The SMILES string of the molecule is CC1NCCN(C(=O)CCOc2ccccc2Cl)C1C.Cl. The summed E-state index contributed by atoms with van der Waals surface area (Å²) in [6.07, 6.45) is 0.377. The molecule has 0 radical (unpaired) electrons. The number of halogens is 2. The van der Waals surface area contributed by atoms with Crippen LogP contribution in [-0.4, -0.2) is 42.6 Å². The number of benzene rings is 1. The van der Waals surface area contributed by atoms with Crippen molar-refractivity contribution in [2.75, 3.05) is 19.7 Å². The topological polar surface area (TPSA) is 41.6 Å². The van der Waals surface area contributed by atoms with Crippen LogP contribution in [0.25, 0.3) is 0 Å². The van der Waals surface area contributed by atoms with E-state index in [1.807, 2.05) is 23.1 Å². The Morgan fingerprint density at radius 2 is 2.14 bits per heavy atom. The van der Waals surface area contributed by atoms with Crippen molar-refractivity contribution in [1.82, 2.24) is 10.2 Å². The minimum atomic E-state index is 0. The highest BCUT2D eigenvalue weighted by Gasteiger charge is 2.27. The van der Waals surface area contributed by atoms with Crippen LogP contribution in [0.1, 0.15) is 20.3 Å². The van der Waals surface area contributed by atoms with E-state index in [9.17, 15) is 4.79 Å². The van der Waals surface area contributed by atoms with Crippen LogP contribution in [0.5, 0.6) is 5.75 Å². The Morgan fingerprint density at radius 3 is 2.86 bits per heavy atom. The molecule has 4 nitrogen and oxygen atoms in total. The molecule has 1 amide bonds. The molecule has 1 fully saturated rings. The molecule has 1 saturated heterocycles. The van der Waals surface area contributed by atoms with Gasteiger partial charge in [0.15, 0.2) is 0 Å². The quantitative estimate of drug-likeness (QED) is 0.921. The van der Waals surface area contributed by atoms with E-state index in [1.165, 1.54) is 0 Å². The van der Waals surface area contributed by atoms with Gasteiger partial charge >= 0.3 is 0 Å². The van der Waals surface area contributed by atoms with Gasteiger partial charge in [-0.2, -0.15) is 0 Å². The van der Waals surface area contributed by atoms with Crippen molar-refractivity contribution < 1.29 is 9.53 Å². The summed E-state index contributed by atoms with van der Waals surface area (Å²) in [4.78, 5) is 14.1. The summed E-state index contributed by atoms with van der Waals surface area (Å²) >= 11 is 6.00. The van der Waals surface area contributed by atoms with Gasteiger partial charge < -0.3 is 15.0 Å². The highest BCUT2D eigenvalue weighted by molar-refractivity contribution is 6.32. The second-order valence-corrected chi connectivity index (χ2v) is 5.51. The molecule has 0 saturated carbocycles. The molecule has 2 unspecified atom stereocenters. The summed E-state index contributed by atoms with van der Waals surface area (Å²) < 4.78 is 5.57. The van der Waals surface area contributed by atoms with Crippen LogP contribution in [0.3, 0.4) is 0 Å². The van der Waals surface area contributed by atoms with Gasteiger partial charge in [-0.1, -0.05) is 23.7 Å². The smallest absolute Gasteiger partial charge is 0.226 e. The van der Waals surface area contributed by atoms with Crippen molar-refractivity contribution >= 4 is 29.9 Å². The Kier molecular flexibility index (Phi) is 7.29. The fourth-order valence-electron chi connectivity index (χ4n) is 2.36. The normalized spacial score (nSPS) is 21.6. The van der Waals surface area contributed by atoms with Gasteiger partial charge in [0.25, 0.3) is 0 Å². The average Bonchev–Trinajstić information content (AvgIpc) is 2.44. The zero-order chi connectivity index (χ0) is 14.5. The van der Waals surface area contributed by atoms with E-state index in [0.29, 0.717) is 29.8 Å². The van der Waals surface area contributed by atoms with E-state index in [4.69, 9.17) is 16.3 Å². The number of carbonyl (C=O) groups is 1. The zero-order valence-electron chi connectivity index (χ0n) is 12.3. The molecule has 1 N–H and O–H groups in total. The maximum atomic E-state index is 12.2. The summed E-state index contributed by atoms with van der Waals surface area (Å²) in [7, 11) is 0. The van der Waals surface area contributed by atoms with Crippen molar-refractivity contribution in [3.05, 3.63) is 29.3 Å². The van der Waals surface area contributed by atoms with E-state index in [0.717, 1.165) is 13.1 Å². The summed E-state index contributed by atoms with van der Waals surface area (Å²) in [5, 5.41) is 3.94. The first kappa shape index (κ1) is 18.1. The molecule has 2 atom stereocenters. The lowest BCUT2D eigenvalue weighted by Gasteiger charge is -2.38. The molecule has 1 aromatic carbocycles. The number of hydrogen-bond donors (Lipinski definition) is 1. The Balaban J connectivity index is 0.00000220. The van der Waals surface area contributed by atoms with Crippen LogP contribution in [-0.2, 0) is 4.79 Å². The van der Waals surface area contributed by atoms with Gasteiger partial charge in [0.05, 0.1) is 18.1 Å². The van der Waals surface area contributed by atoms with Gasteiger partial charge in [0.1, 0.15) is 5.75 Å². The molecule has 21 heavy (non-hydrogen) atoms. The van der Waals surface area contributed by atoms with E-state index < -0.39 is 0 Å². The van der Waals surface area contributed by atoms with Crippen LogP contribution >= 0.6 is 24.0 Å². The number of carbonyl (C=O) groups excluding carboxylic acids is 1. The highest BCUT2D eigenvalue weighted by atomic mass is 35.5. The van der Waals surface area contributed by atoms with Crippen LogP contribution < -0.4 is 10.1 Å². The maximum absolute atomic E-state index is 12.2. The summed E-state index contributed by atoms with van der Waals surface area (Å²) in [6.45, 7) is 6.14. The van der Waals surface area contributed by atoms with Crippen molar-refractivity contribution in [2.24, 2.45) is 0 Å². The first-order valence-electron chi connectivity index (χ1n) is 7.00. The van der Waals surface area contributed by atoms with Crippen molar-refractivity contribution in [3.63, 3.8) is 0 Å². The third-order valence-corrected chi connectivity index (χ3v) is 4.08. The molecule has 2 rings (SSSR count). The van der Waals surface area contributed by atoms with Gasteiger partial charge in [-0.25, -0.2) is 0 Å². The predicted octanol–water partition coefficient (Wildman–Crippen LogP) is 2.74. The molecule has 118 valence electrons. The predicted molar refractivity (Wildman–Crippen MR) is 87.5 cm³/mol. The number of piperazine rings is 1. The average molecular weight is 333 g/mol. The van der Waals surface area contributed by atoms with E-state index in [1.54, 1.807) is 6.07 Å². The Morgan fingerprint density at radius 1 is 1.43 bits per heavy atom. The minimum Gasteiger partial charge on any atom is -0.491 e. The fourth-order valence-corrected chi connectivity index (χ4v) is 2.55. The second kappa shape index (κ2) is 8.47. The van der Waals surface area contributed by atoms with Crippen molar-refractivity contribution in [1.29, 1.82) is 0 Å². The molecule has 1 aliphatic rings. The van der Waals surface area contributed by atoms with Crippen LogP contribution in [0.15, 0.2) is 24.3 Å². The number of nitrogens with one attached hydrogen (secondary N) is 1. The first-order chi connectivity index (χ1) is 9.59. The lowest BCUT2D eigenvalue weighted by atomic mass is 10.1. The first-order valence-corrected chi connectivity index (χ1v) is 7.37. The third kappa shape index (κ3) is 4.77. The fraction of sp³-hybridized carbons (Fsp3) is 0.533. The van der Waals surface area contributed by atoms with E-state index in [-0.39, 0.29) is 24.4 Å². The number of amides is 1. The largest absolute Gasteiger partial charge is 0.491 e. The molecule has 0 aliphatic carbocycles. The van der Waals surface area contributed by atoms with Crippen molar-refractivity contribution in [2.45, 2.75) is 32.4 Å². The Bertz CT molecular complexity index is 471. The number of rotatable bonds is 4. The third-order valence-electron chi connectivity index (χ3n) is 3.76.